The zero-order chi connectivity index (χ0) is 23.3. The van der Waals surface area contributed by atoms with Crippen LogP contribution in [0.15, 0.2) is 35.7 Å². The third-order valence-electron chi connectivity index (χ3n) is 6.38. The van der Waals surface area contributed by atoms with Gasteiger partial charge in [-0.25, -0.2) is 9.97 Å². The predicted molar refractivity (Wildman–Crippen MR) is 140 cm³/mol. The molecule has 3 aromatic heterocycles. The van der Waals surface area contributed by atoms with Gasteiger partial charge in [0.25, 0.3) is 5.91 Å². The molecule has 1 unspecified atom stereocenters. The Hall–Kier alpha value is -2.48. The van der Waals surface area contributed by atoms with Gasteiger partial charge in [0.15, 0.2) is 5.13 Å². The van der Waals surface area contributed by atoms with Crippen molar-refractivity contribution in [3.8, 4) is 11.3 Å². The number of carbonyl (C=O) groups is 1. The van der Waals surface area contributed by atoms with Gasteiger partial charge in [-0.3, -0.25) is 10.1 Å². The molecule has 0 radical (unpaired) electrons. The summed E-state index contributed by atoms with van der Waals surface area (Å²) in [4.78, 5) is 23.8. The number of fused-ring (bicyclic) bond motifs is 2. The van der Waals surface area contributed by atoms with E-state index in [-0.39, 0.29) is 11.3 Å². The summed E-state index contributed by atoms with van der Waals surface area (Å²) in [6.07, 6.45) is 3.12. The average Bonchev–Trinajstić information content (AvgIpc) is 3.36. The number of nitrogens with one attached hydrogen (secondary N) is 1. The second-order valence-corrected chi connectivity index (χ2v) is 11.9. The van der Waals surface area contributed by atoms with Crippen molar-refractivity contribution >= 4 is 61.2 Å². The van der Waals surface area contributed by atoms with Crippen LogP contribution in [0.2, 0.25) is 5.02 Å². The average molecular weight is 497 g/mol. The number of anilines is 2. The Labute approximate surface area is 206 Å². The number of aromatic nitrogens is 2. The highest BCUT2D eigenvalue weighted by Crippen LogP contribution is 2.40. The maximum Gasteiger partial charge on any atom is 0.269 e. The SMILES string of the molecule is CC(C)(C)C1CCc2nc3sc(C(=O)Nc4nc(-c5ccc(Cl)cc5)cs4)c(N)c3cc2C1. The van der Waals surface area contributed by atoms with E-state index < -0.39 is 0 Å². The van der Waals surface area contributed by atoms with Crippen LogP contribution in [0.5, 0.6) is 0 Å². The van der Waals surface area contributed by atoms with Crippen LogP contribution in [0.3, 0.4) is 0 Å². The topological polar surface area (TPSA) is 80.9 Å². The van der Waals surface area contributed by atoms with E-state index in [1.165, 1.54) is 28.2 Å². The summed E-state index contributed by atoms with van der Waals surface area (Å²) < 4.78 is 0. The molecule has 3 N–H and O–H groups in total. The number of hydrogen-bond acceptors (Lipinski definition) is 6. The minimum atomic E-state index is -0.252. The summed E-state index contributed by atoms with van der Waals surface area (Å²) in [6, 6.07) is 9.61. The van der Waals surface area contributed by atoms with Gasteiger partial charge in [-0.15, -0.1) is 22.7 Å². The van der Waals surface area contributed by atoms with Gasteiger partial charge in [-0.1, -0.05) is 44.5 Å². The Morgan fingerprint density at radius 3 is 2.70 bits per heavy atom. The van der Waals surface area contributed by atoms with Crippen LogP contribution in [0.1, 0.15) is 48.1 Å². The number of thiophene rings is 1. The Balaban J connectivity index is 1.39. The lowest BCUT2D eigenvalue weighted by atomic mass is 9.71. The molecule has 1 aliphatic carbocycles. The first-order valence-corrected chi connectivity index (χ1v) is 13.0. The van der Waals surface area contributed by atoms with Gasteiger partial charge in [0, 0.05) is 27.0 Å². The molecule has 1 aliphatic rings. The van der Waals surface area contributed by atoms with Crippen molar-refractivity contribution in [3.05, 3.63) is 56.9 Å². The lowest BCUT2D eigenvalue weighted by Crippen LogP contribution is -2.27. The number of carbonyl (C=O) groups excluding carboxylic acids is 1. The molecule has 0 saturated carbocycles. The summed E-state index contributed by atoms with van der Waals surface area (Å²) in [5.74, 6) is 0.365. The molecular formula is C25H25ClN4OS2. The molecule has 5 rings (SSSR count). The highest BCUT2D eigenvalue weighted by molar-refractivity contribution is 7.21. The molecule has 1 amide bonds. The first-order valence-electron chi connectivity index (χ1n) is 10.9. The Kier molecular flexibility index (Phi) is 5.67. The molecule has 3 heterocycles. The number of halogens is 1. The zero-order valence-corrected chi connectivity index (χ0v) is 21.1. The molecule has 8 heteroatoms. The van der Waals surface area contributed by atoms with Crippen LogP contribution < -0.4 is 11.1 Å². The molecule has 5 nitrogen and oxygen atoms in total. The first kappa shape index (κ1) is 22.3. The van der Waals surface area contributed by atoms with Crippen LogP contribution in [0.25, 0.3) is 21.5 Å². The van der Waals surface area contributed by atoms with E-state index in [9.17, 15) is 4.79 Å². The standard InChI is InChI=1S/C25H25ClN4OS2/c1-25(2,3)15-6-9-18-14(10-15)11-17-20(27)21(33-23(17)28-18)22(31)30-24-29-19(12-32-24)13-4-7-16(26)8-5-13/h4-5,7-8,11-12,15H,6,9-10,27H2,1-3H3,(H,29,30,31). The summed E-state index contributed by atoms with van der Waals surface area (Å²) in [7, 11) is 0. The smallest absolute Gasteiger partial charge is 0.269 e. The van der Waals surface area contributed by atoms with Crippen LogP contribution in [-0.2, 0) is 12.8 Å². The highest BCUT2D eigenvalue weighted by atomic mass is 35.5. The van der Waals surface area contributed by atoms with Crippen molar-refractivity contribution in [1.29, 1.82) is 0 Å². The van der Waals surface area contributed by atoms with E-state index in [1.807, 2.05) is 29.6 Å². The molecule has 0 aliphatic heterocycles. The molecule has 0 saturated heterocycles. The van der Waals surface area contributed by atoms with E-state index in [4.69, 9.17) is 22.3 Å². The number of nitrogen functional groups attached to an aromatic ring is 1. The van der Waals surface area contributed by atoms with Crippen LogP contribution in [0, 0.1) is 11.3 Å². The van der Waals surface area contributed by atoms with Crippen molar-refractivity contribution in [1.82, 2.24) is 9.97 Å². The van der Waals surface area contributed by atoms with E-state index in [2.05, 4.69) is 37.1 Å². The molecule has 1 aromatic carbocycles. The van der Waals surface area contributed by atoms with Gasteiger partial charge in [0.2, 0.25) is 0 Å². The lowest BCUT2D eigenvalue weighted by Gasteiger charge is -2.34. The fourth-order valence-electron chi connectivity index (χ4n) is 4.34. The summed E-state index contributed by atoms with van der Waals surface area (Å²) in [5, 5.41) is 6.89. The number of thiazole rings is 1. The van der Waals surface area contributed by atoms with Gasteiger partial charge < -0.3 is 5.73 Å². The molecule has 33 heavy (non-hydrogen) atoms. The number of nitrogens with two attached hydrogens (primary N) is 1. The lowest BCUT2D eigenvalue weighted by molar-refractivity contribution is 0.103. The number of aryl methyl sites for hydroxylation is 1. The third kappa shape index (κ3) is 4.37. The van der Waals surface area contributed by atoms with E-state index in [0.29, 0.717) is 26.6 Å². The number of rotatable bonds is 3. The largest absolute Gasteiger partial charge is 0.397 e. The second-order valence-electron chi connectivity index (χ2n) is 9.60. The minimum absolute atomic E-state index is 0.252. The van der Waals surface area contributed by atoms with E-state index >= 15 is 0 Å². The molecule has 0 spiro atoms. The van der Waals surface area contributed by atoms with Crippen LogP contribution >= 0.6 is 34.3 Å². The molecule has 4 aromatic rings. The van der Waals surface area contributed by atoms with Gasteiger partial charge >= 0.3 is 0 Å². The minimum Gasteiger partial charge on any atom is -0.397 e. The predicted octanol–water partition coefficient (Wildman–Crippen LogP) is 7.06. The summed E-state index contributed by atoms with van der Waals surface area (Å²) in [6.45, 7) is 6.90. The second kappa shape index (κ2) is 8.38. The van der Waals surface area contributed by atoms with Gasteiger partial charge in [0.1, 0.15) is 9.71 Å². The number of amides is 1. The van der Waals surface area contributed by atoms with E-state index in [0.717, 1.165) is 46.4 Å². The molecule has 170 valence electrons. The van der Waals surface area contributed by atoms with Gasteiger partial charge in [0.05, 0.1) is 11.4 Å². The number of nitrogens with zero attached hydrogens (tertiary/aromatic N) is 2. The normalized spacial score (nSPS) is 16.1. The van der Waals surface area contributed by atoms with Crippen molar-refractivity contribution in [2.24, 2.45) is 11.3 Å². The maximum atomic E-state index is 13.0. The quantitative estimate of drug-likeness (QED) is 0.318. The number of hydrogen-bond donors (Lipinski definition) is 2. The zero-order valence-electron chi connectivity index (χ0n) is 18.7. The maximum absolute atomic E-state index is 13.0. The van der Waals surface area contributed by atoms with E-state index in [1.54, 1.807) is 0 Å². The Morgan fingerprint density at radius 2 is 1.97 bits per heavy atom. The van der Waals surface area contributed by atoms with Crippen LogP contribution in [-0.4, -0.2) is 15.9 Å². The fourth-order valence-corrected chi connectivity index (χ4v) is 6.17. The molecule has 1 atom stereocenters. The number of pyridine rings is 1. The fraction of sp³-hybridized carbons (Fsp3) is 0.320. The van der Waals surface area contributed by atoms with Gasteiger partial charge in [-0.05, 0) is 54.4 Å². The molecular weight excluding hydrogens is 472 g/mol. The van der Waals surface area contributed by atoms with Crippen molar-refractivity contribution in [2.45, 2.75) is 40.0 Å². The molecule has 0 fully saturated rings. The highest BCUT2D eigenvalue weighted by Gasteiger charge is 2.30. The molecule has 0 bridgehead atoms. The first-order chi connectivity index (χ1) is 15.7. The Morgan fingerprint density at radius 1 is 1.21 bits per heavy atom. The van der Waals surface area contributed by atoms with Crippen molar-refractivity contribution in [2.75, 3.05) is 11.1 Å². The van der Waals surface area contributed by atoms with Crippen LogP contribution in [0.4, 0.5) is 10.8 Å². The van der Waals surface area contributed by atoms with Crippen molar-refractivity contribution < 1.29 is 4.79 Å². The number of benzene rings is 1. The Bertz CT molecular complexity index is 1350. The van der Waals surface area contributed by atoms with Crippen molar-refractivity contribution in [3.63, 3.8) is 0 Å². The summed E-state index contributed by atoms with van der Waals surface area (Å²) >= 11 is 8.70. The monoisotopic (exact) mass is 496 g/mol. The third-order valence-corrected chi connectivity index (χ3v) is 8.50. The van der Waals surface area contributed by atoms with Gasteiger partial charge in [-0.2, -0.15) is 0 Å². The summed E-state index contributed by atoms with van der Waals surface area (Å²) in [5.41, 5.74) is 11.3.